The molecule has 1 atom stereocenters. The van der Waals surface area contributed by atoms with E-state index in [1.54, 1.807) is 0 Å². The van der Waals surface area contributed by atoms with E-state index in [0.29, 0.717) is 5.92 Å². The molecule has 0 heterocycles. The average molecular weight is 127 g/mol. The summed E-state index contributed by atoms with van der Waals surface area (Å²) in [6, 6.07) is 0. The van der Waals surface area contributed by atoms with Gasteiger partial charge in [0.05, 0.1) is 0 Å². The highest BCUT2D eigenvalue weighted by atomic mass is 14.7. The van der Waals surface area contributed by atoms with E-state index in [1.807, 2.05) is 7.05 Å². The van der Waals surface area contributed by atoms with Gasteiger partial charge in [-0.25, -0.2) is 0 Å². The molecule has 0 aromatic rings. The predicted molar refractivity (Wildman–Crippen MR) is 43.1 cm³/mol. The van der Waals surface area contributed by atoms with Crippen molar-refractivity contribution in [1.29, 1.82) is 0 Å². The molecule has 0 spiro atoms. The number of rotatable bonds is 3. The largest absolute Gasteiger partial charge is 0.297 e. The summed E-state index contributed by atoms with van der Waals surface area (Å²) >= 11 is 0. The first-order valence-electron chi connectivity index (χ1n) is 3.65. The van der Waals surface area contributed by atoms with Crippen LogP contribution in [0.3, 0.4) is 0 Å². The third-order valence-corrected chi connectivity index (χ3v) is 1.79. The van der Waals surface area contributed by atoms with Gasteiger partial charge in [-0.2, -0.15) is 0 Å². The van der Waals surface area contributed by atoms with Gasteiger partial charge in [-0.15, -0.1) is 0 Å². The number of nitrogens with zero attached hydrogens (tertiary/aromatic N) is 1. The molecule has 0 rings (SSSR count). The standard InChI is InChI=1S/C8H17N/c1-5-6-7(2)8(3)9-4/h7H,5-6H2,1-4H3. The molecule has 0 aliphatic carbocycles. The van der Waals surface area contributed by atoms with Gasteiger partial charge in [0, 0.05) is 12.8 Å². The van der Waals surface area contributed by atoms with Gasteiger partial charge in [0.2, 0.25) is 0 Å². The molecule has 0 saturated heterocycles. The van der Waals surface area contributed by atoms with Crippen molar-refractivity contribution >= 4 is 5.71 Å². The van der Waals surface area contributed by atoms with Gasteiger partial charge in [-0.1, -0.05) is 20.3 Å². The minimum atomic E-state index is 0.681. The van der Waals surface area contributed by atoms with E-state index in [1.165, 1.54) is 18.6 Å². The summed E-state index contributed by atoms with van der Waals surface area (Å²) in [6.07, 6.45) is 2.52. The van der Waals surface area contributed by atoms with Gasteiger partial charge < -0.3 is 0 Å². The van der Waals surface area contributed by atoms with Gasteiger partial charge in [0.15, 0.2) is 0 Å². The Bertz CT molecular complexity index is 94.7. The van der Waals surface area contributed by atoms with Crippen LogP contribution in [0.15, 0.2) is 4.99 Å². The predicted octanol–water partition coefficient (Wildman–Crippen LogP) is 2.51. The fraction of sp³-hybridized carbons (Fsp3) is 0.875. The number of hydrogen-bond donors (Lipinski definition) is 0. The Hall–Kier alpha value is -0.330. The van der Waals surface area contributed by atoms with Gasteiger partial charge >= 0.3 is 0 Å². The van der Waals surface area contributed by atoms with Crippen molar-refractivity contribution in [3.63, 3.8) is 0 Å². The summed E-state index contributed by atoms with van der Waals surface area (Å²) in [7, 11) is 1.86. The lowest BCUT2D eigenvalue weighted by molar-refractivity contribution is 0.663. The van der Waals surface area contributed by atoms with Crippen LogP contribution in [0.5, 0.6) is 0 Å². The lowest BCUT2D eigenvalue weighted by atomic mass is 10.0. The Balaban J connectivity index is 3.59. The molecule has 0 N–H and O–H groups in total. The summed E-state index contributed by atoms with van der Waals surface area (Å²) in [5.41, 5.74) is 1.27. The lowest BCUT2D eigenvalue weighted by Gasteiger charge is -2.07. The van der Waals surface area contributed by atoms with Crippen LogP contribution in [0.4, 0.5) is 0 Å². The van der Waals surface area contributed by atoms with Crippen LogP contribution in [0.25, 0.3) is 0 Å². The zero-order valence-corrected chi connectivity index (χ0v) is 6.94. The molecule has 54 valence electrons. The third kappa shape index (κ3) is 3.28. The number of hydrogen-bond acceptors (Lipinski definition) is 1. The highest BCUT2D eigenvalue weighted by Gasteiger charge is 2.01. The van der Waals surface area contributed by atoms with Crippen molar-refractivity contribution in [2.24, 2.45) is 10.9 Å². The van der Waals surface area contributed by atoms with Crippen LogP contribution in [0.2, 0.25) is 0 Å². The van der Waals surface area contributed by atoms with Crippen LogP contribution in [-0.2, 0) is 0 Å². The molecule has 1 nitrogen and oxygen atoms in total. The second-order valence-electron chi connectivity index (χ2n) is 2.55. The molecule has 0 saturated carbocycles. The second-order valence-corrected chi connectivity index (χ2v) is 2.55. The Kier molecular flexibility index (Phi) is 4.37. The summed E-state index contributed by atoms with van der Waals surface area (Å²) in [4.78, 5) is 4.12. The summed E-state index contributed by atoms with van der Waals surface area (Å²) in [6.45, 7) is 6.53. The van der Waals surface area contributed by atoms with Crippen molar-refractivity contribution in [1.82, 2.24) is 0 Å². The Morgan fingerprint density at radius 1 is 1.56 bits per heavy atom. The molecule has 0 fully saturated rings. The van der Waals surface area contributed by atoms with E-state index in [-0.39, 0.29) is 0 Å². The summed E-state index contributed by atoms with van der Waals surface area (Å²) in [5.74, 6) is 0.681. The molecule has 0 aromatic heterocycles. The van der Waals surface area contributed by atoms with Crippen LogP contribution in [0.1, 0.15) is 33.6 Å². The first kappa shape index (κ1) is 8.67. The molecule has 0 aliphatic rings. The molecule has 1 heteroatoms. The van der Waals surface area contributed by atoms with Crippen molar-refractivity contribution in [2.75, 3.05) is 7.05 Å². The first-order valence-corrected chi connectivity index (χ1v) is 3.65. The zero-order valence-electron chi connectivity index (χ0n) is 6.94. The Morgan fingerprint density at radius 2 is 2.11 bits per heavy atom. The van der Waals surface area contributed by atoms with E-state index in [2.05, 4.69) is 25.8 Å². The van der Waals surface area contributed by atoms with Crippen LogP contribution in [0, 0.1) is 5.92 Å². The average Bonchev–Trinajstić information content (AvgIpc) is 1.87. The highest BCUT2D eigenvalue weighted by molar-refractivity contribution is 5.83. The molecular formula is C8H17N. The van der Waals surface area contributed by atoms with Crippen LogP contribution < -0.4 is 0 Å². The highest BCUT2D eigenvalue weighted by Crippen LogP contribution is 2.06. The molecule has 9 heavy (non-hydrogen) atoms. The van der Waals surface area contributed by atoms with Gasteiger partial charge in [-0.05, 0) is 19.3 Å². The van der Waals surface area contributed by atoms with Crippen molar-refractivity contribution in [3.8, 4) is 0 Å². The van der Waals surface area contributed by atoms with Gasteiger partial charge in [0.1, 0.15) is 0 Å². The fourth-order valence-electron chi connectivity index (χ4n) is 0.862. The monoisotopic (exact) mass is 127 g/mol. The smallest absolute Gasteiger partial charge is 0.0276 e. The molecule has 0 bridgehead atoms. The second kappa shape index (κ2) is 4.54. The molecular weight excluding hydrogens is 110 g/mol. The fourth-order valence-corrected chi connectivity index (χ4v) is 0.862. The first-order chi connectivity index (χ1) is 4.22. The zero-order chi connectivity index (χ0) is 7.28. The molecule has 1 unspecified atom stereocenters. The maximum atomic E-state index is 4.12. The third-order valence-electron chi connectivity index (χ3n) is 1.79. The van der Waals surface area contributed by atoms with Crippen LogP contribution >= 0.6 is 0 Å². The maximum absolute atomic E-state index is 4.12. The maximum Gasteiger partial charge on any atom is 0.0276 e. The topological polar surface area (TPSA) is 12.4 Å². The van der Waals surface area contributed by atoms with E-state index in [0.717, 1.165) is 0 Å². The van der Waals surface area contributed by atoms with Crippen LogP contribution in [-0.4, -0.2) is 12.8 Å². The van der Waals surface area contributed by atoms with Gasteiger partial charge in [-0.3, -0.25) is 4.99 Å². The molecule has 0 aromatic carbocycles. The normalized spacial score (nSPS) is 15.8. The quantitative estimate of drug-likeness (QED) is 0.516. The van der Waals surface area contributed by atoms with Gasteiger partial charge in [0.25, 0.3) is 0 Å². The summed E-state index contributed by atoms with van der Waals surface area (Å²) in [5, 5.41) is 0. The number of aliphatic imine (C=N–C) groups is 1. The molecule has 0 radical (unpaired) electrons. The molecule has 0 amide bonds. The van der Waals surface area contributed by atoms with E-state index in [9.17, 15) is 0 Å². The SMILES string of the molecule is CCCC(C)C(C)=NC. The minimum absolute atomic E-state index is 0.681. The summed E-state index contributed by atoms with van der Waals surface area (Å²) < 4.78 is 0. The van der Waals surface area contributed by atoms with E-state index >= 15 is 0 Å². The van der Waals surface area contributed by atoms with Crippen molar-refractivity contribution in [2.45, 2.75) is 33.6 Å². The van der Waals surface area contributed by atoms with Crippen molar-refractivity contribution in [3.05, 3.63) is 0 Å². The lowest BCUT2D eigenvalue weighted by Crippen LogP contribution is -2.05. The Labute approximate surface area is 58.2 Å². The van der Waals surface area contributed by atoms with E-state index in [4.69, 9.17) is 0 Å². The Morgan fingerprint density at radius 3 is 2.44 bits per heavy atom. The van der Waals surface area contributed by atoms with E-state index < -0.39 is 0 Å². The van der Waals surface area contributed by atoms with Crippen molar-refractivity contribution < 1.29 is 0 Å². The molecule has 0 aliphatic heterocycles. The minimum Gasteiger partial charge on any atom is -0.297 e.